The van der Waals surface area contributed by atoms with E-state index in [0.717, 1.165) is 36.6 Å². The first-order valence-electron chi connectivity index (χ1n) is 11.5. The van der Waals surface area contributed by atoms with E-state index < -0.39 is 11.5 Å². The molecule has 2 aromatic heterocycles. The minimum absolute atomic E-state index is 0.00821. The maximum absolute atomic E-state index is 13.0. The van der Waals surface area contributed by atoms with E-state index >= 15 is 0 Å². The Morgan fingerprint density at radius 2 is 1.94 bits per heavy atom. The molecule has 1 aromatic carbocycles. The number of aromatic nitrogens is 3. The average molecular weight is 464 g/mol. The molecule has 0 radical (unpaired) electrons. The van der Waals surface area contributed by atoms with Gasteiger partial charge in [0.15, 0.2) is 5.69 Å². The van der Waals surface area contributed by atoms with E-state index in [1.165, 1.54) is 0 Å². The fourth-order valence-electron chi connectivity index (χ4n) is 5.28. The van der Waals surface area contributed by atoms with Crippen molar-refractivity contribution < 1.29 is 19.4 Å². The zero-order chi connectivity index (χ0) is 24.1. The molecule has 0 unspecified atom stereocenters. The summed E-state index contributed by atoms with van der Waals surface area (Å²) in [5.41, 5.74) is 6.11. The molecule has 9 nitrogen and oxygen atoms in total. The molecule has 2 heterocycles. The van der Waals surface area contributed by atoms with Crippen molar-refractivity contribution in [2.45, 2.75) is 63.8 Å². The van der Waals surface area contributed by atoms with Gasteiger partial charge in [-0.15, -0.1) is 0 Å². The molecule has 2 saturated carbocycles. The van der Waals surface area contributed by atoms with Gasteiger partial charge in [-0.25, -0.2) is 4.98 Å². The van der Waals surface area contributed by atoms with Gasteiger partial charge >= 0.3 is 0 Å². The van der Waals surface area contributed by atoms with Crippen molar-refractivity contribution in [3.63, 3.8) is 0 Å². The number of hydrogen-bond donors (Lipinski definition) is 3. The zero-order valence-electron chi connectivity index (χ0n) is 19.3. The minimum atomic E-state index is -0.945. The molecule has 178 valence electrons. The van der Waals surface area contributed by atoms with Gasteiger partial charge in [0.25, 0.3) is 11.8 Å². The predicted molar refractivity (Wildman–Crippen MR) is 125 cm³/mol. The minimum Gasteiger partial charge on any atom is -0.474 e. The number of pyridine rings is 1. The first-order valence-corrected chi connectivity index (χ1v) is 11.5. The SMILES string of the molecule is CC(C)(O)Cn1nc(C(=O)NC2CC3(C2)CC(Oc2ncccc2C(N)=O)C3)c2ccccc21. The number of carbonyl (C=O) groups is 2. The molecule has 2 fully saturated rings. The number of nitrogens with zero attached hydrogens (tertiary/aromatic N) is 3. The highest BCUT2D eigenvalue weighted by Crippen LogP contribution is 2.56. The molecular weight excluding hydrogens is 434 g/mol. The maximum atomic E-state index is 13.0. The van der Waals surface area contributed by atoms with Gasteiger partial charge in [-0.2, -0.15) is 5.10 Å². The summed E-state index contributed by atoms with van der Waals surface area (Å²) in [5.74, 6) is -0.467. The zero-order valence-corrected chi connectivity index (χ0v) is 19.3. The third kappa shape index (κ3) is 4.23. The highest BCUT2D eigenvalue weighted by molar-refractivity contribution is 6.05. The largest absolute Gasteiger partial charge is 0.474 e. The van der Waals surface area contributed by atoms with E-state index in [4.69, 9.17) is 10.5 Å². The molecule has 0 bridgehead atoms. The van der Waals surface area contributed by atoms with Gasteiger partial charge in [0.2, 0.25) is 5.88 Å². The van der Waals surface area contributed by atoms with Crippen LogP contribution in [0.4, 0.5) is 0 Å². The van der Waals surface area contributed by atoms with Gasteiger partial charge < -0.3 is 20.9 Å². The smallest absolute Gasteiger partial charge is 0.272 e. The normalized spacial score (nSPS) is 23.9. The van der Waals surface area contributed by atoms with Gasteiger partial charge in [0, 0.05) is 17.6 Å². The molecule has 2 aliphatic rings. The number of amides is 2. The summed E-state index contributed by atoms with van der Waals surface area (Å²) in [6, 6.07) is 10.9. The number of benzene rings is 1. The van der Waals surface area contributed by atoms with E-state index in [9.17, 15) is 14.7 Å². The molecule has 2 amide bonds. The lowest BCUT2D eigenvalue weighted by atomic mass is 9.53. The Bertz CT molecular complexity index is 1250. The summed E-state index contributed by atoms with van der Waals surface area (Å²) >= 11 is 0. The van der Waals surface area contributed by atoms with Gasteiger partial charge in [-0.1, -0.05) is 18.2 Å². The lowest BCUT2D eigenvalue weighted by Gasteiger charge is -2.57. The highest BCUT2D eigenvalue weighted by Gasteiger charge is 2.54. The monoisotopic (exact) mass is 463 g/mol. The first kappa shape index (κ1) is 22.3. The Morgan fingerprint density at radius 1 is 1.21 bits per heavy atom. The number of para-hydroxylation sites is 1. The summed E-state index contributed by atoms with van der Waals surface area (Å²) in [7, 11) is 0. The molecule has 9 heteroatoms. The standard InChI is InChI=1S/C25H29N5O4/c1-24(2,33)14-30-19-8-4-3-6-17(19)20(29-30)22(32)28-15-10-25(11-15)12-16(13-25)34-23-18(21(26)31)7-5-9-27-23/h3-9,15-16,33H,10-14H2,1-2H3,(H2,26,31)(H,28,32). The topological polar surface area (TPSA) is 132 Å². The average Bonchev–Trinajstić information content (AvgIpc) is 3.08. The van der Waals surface area contributed by atoms with Crippen molar-refractivity contribution >= 4 is 22.7 Å². The van der Waals surface area contributed by atoms with Crippen LogP contribution < -0.4 is 15.8 Å². The number of nitrogens with two attached hydrogens (primary N) is 1. The predicted octanol–water partition coefficient (Wildman–Crippen LogP) is 2.42. The van der Waals surface area contributed by atoms with Crippen molar-refractivity contribution in [3.8, 4) is 5.88 Å². The van der Waals surface area contributed by atoms with Crippen LogP contribution >= 0.6 is 0 Å². The Kier molecular flexibility index (Phi) is 5.31. The molecule has 0 aliphatic heterocycles. The second kappa shape index (κ2) is 8.09. The Labute approximate surface area is 197 Å². The molecule has 2 aliphatic carbocycles. The molecule has 0 atom stereocenters. The van der Waals surface area contributed by atoms with Crippen LogP contribution in [0.5, 0.6) is 5.88 Å². The van der Waals surface area contributed by atoms with E-state index in [-0.39, 0.29) is 29.3 Å². The number of nitrogens with one attached hydrogen (secondary N) is 1. The highest BCUT2D eigenvalue weighted by atomic mass is 16.5. The van der Waals surface area contributed by atoms with Gasteiger partial charge in [0.05, 0.1) is 17.7 Å². The summed E-state index contributed by atoms with van der Waals surface area (Å²) in [4.78, 5) is 28.7. The Balaban J connectivity index is 1.19. The number of ether oxygens (including phenoxy) is 1. The Morgan fingerprint density at radius 3 is 2.65 bits per heavy atom. The third-order valence-corrected chi connectivity index (χ3v) is 6.74. The second-order valence-electron chi connectivity index (χ2n) is 10.3. The number of rotatable bonds is 7. The maximum Gasteiger partial charge on any atom is 0.272 e. The van der Waals surface area contributed by atoms with E-state index in [1.807, 2.05) is 24.3 Å². The summed E-state index contributed by atoms with van der Waals surface area (Å²) in [6.45, 7) is 3.73. The molecule has 34 heavy (non-hydrogen) atoms. The van der Waals surface area contributed by atoms with Crippen molar-refractivity contribution in [1.29, 1.82) is 0 Å². The van der Waals surface area contributed by atoms with Gasteiger partial charge in [-0.3, -0.25) is 14.3 Å². The molecular formula is C25H29N5O4. The van der Waals surface area contributed by atoms with Crippen molar-refractivity contribution in [2.24, 2.45) is 11.1 Å². The quantitative estimate of drug-likeness (QED) is 0.493. The molecule has 5 rings (SSSR count). The molecule has 4 N–H and O–H groups in total. The fourth-order valence-corrected chi connectivity index (χ4v) is 5.28. The van der Waals surface area contributed by atoms with Crippen LogP contribution in [-0.2, 0) is 6.54 Å². The number of hydrogen-bond acceptors (Lipinski definition) is 6. The van der Waals surface area contributed by atoms with Crippen LogP contribution in [0.25, 0.3) is 10.9 Å². The van der Waals surface area contributed by atoms with Gasteiger partial charge in [-0.05, 0) is 63.1 Å². The van der Waals surface area contributed by atoms with Crippen LogP contribution in [0.1, 0.15) is 60.4 Å². The summed E-state index contributed by atoms with van der Waals surface area (Å²) in [5, 5.41) is 18.6. The van der Waals surface area contributed by atoms with E-state index in [1.54, 1.807) is 36.9 Å². The summed E-state index contributed by atoms with van der Waals surface area (Å²) < 4.78 is 7.61. The third-order valence-electron chi connectivity index (χ3n) is 6.74. The van der Waals surface area contributed by atoms with Crippen LogP contribution in [0, 0.1) is 5.41 Å². The van der Waals surface area contributed by atoms with E-state index in [0.29, 0.717) is 17.8 Å². The molecule has 0 saturated heterocycles. The van der Waals surface area contributed by atoms with Crippen LogP contribution in [-0.4, -0.2) is 49.4 Å². The van der Waals surface area contributed by atoms with Gasteiger partial charge in [0.1, 0.15) is 11.7 Å². The van der Waals surface area contributed by atoms with Crippen molar-refractivity contribution in [3.05, 3.63) is 53.9 Å². The number of aliphatic hydroxyl groups is 1. The van der Waals surface area contributed by atoms with Crippen molar-refractivity contribution in [1.82, 2.24) is 20.1 Å². The second-order valence-corrected chi connectivity index (χ2v) is 10.3. The number of fused-ring (bicyclic) bond motifs is 1. The van der Waals surface area contributed by atoms with Crippen molar-refractivity contribution in [2.75, 3.05) is 0 Å². The lowest BCUT2D eigenvalue weighted by Crippen LogP contribution is -2.58. The first-order chi connectivity index (χ1) is 16.1. The van der Waals surface area contributed by atoms with Crippen LogP contribution in [0.3, 0.4) is 0 Å². The van der Waals surface area contributed by atoms with Crippen LogP contribution in [0.15, 0.2) is 42.6 Å². The number of carbonyl (C=O) groups excluding carboxylic acids is 2. The fraction of sp³-hybridized carbons (Fsp3) is 0.440. The lowest BCUT2D eigenvalue weighted by molar-refractivity contribution is -0.0848. The Hall–Kier alpha value is -3.46. The van der Waals surface area contributed by atoms with Crippen LogP contribution in [0.2, 0.25) is 0 Å². The number of primary amides is 1. The molecule has 3 aromatic rings. The van der Waals surface area contributed by atoms with E-state index in [2.05, 4.69) is 15.4 Å². The molecule has 1 spiro atoms. The summed E-state index contributed by atoms with van der Waals surface area (Å²) in [6.07, 6.45) is 5.05.